The van der Waals surface area contributed by atoms with Crippen LogP contribution in [0.5, 0.6) is 0 Å². The maximum Gasteiger partial charge on any atom is 0.240 e. The van der Waals surface area contributed by atoms with Crippen LogP contribution < -0.4 is 0 Å². The number of nitrogens with zero attached hydrogens (tertiary/aromatic N) is 1. The fourth-order valence-corrected chi connectivity index (χ4v) is 2.91. The second-order valence-electron chi connectivity index (χ2n) is 4.49. The monoisotopic (exact) mass is 267 g/mol. The van der Waals surface area contributed by atoms with Crippen LogP contribution in [0, 0.1) is 5.92 Å². The number of carbonyl (C=O) groups excluding carboxylic acids is 1. The van der Waals surface area contributed by atoms with E-state index in [0.717, 1.165) is 12.7 Å². The van der Waals surface area contributed by atoms with Crippen molar-refractivity contribution in [3.05, 3.63) is 0 Å². The van der Waals surface area contributed by atoms with Crippen LogP contribution >= 0.6 is 11.6 Å². The molecule has 0 aromatic rings. The molecular formula is C10H18ClNO3S. The number of sulfone groups is 1. The molecule has 0 aliphatic carbocycles. The average Bonchev–Trinajstić information content (AvgIpc) is 2.55. The summed E-state index contributed by atoms with van der Waals surface area (Å²) in [5.41, 5.74) is 0. The van der Waals surface area contributed by atoms with E-state index in [1.54, 1.807) is 4.90 Å². The van der Waals surface area contributed by atoms with Gasteiger partial charge in [-0.2, -0.15) is 0 Å². The van der Waals surface area contributed by atoms with Crippen LogP contribution in [0.3, 0.4) is 0 Å². The van der Waals surface area contributed by atoms with Crippen LogP contribution in [0.1, 0.15) is 20.3 Å². The van der Waals surface area contributed by atoms with E-state index in [1.807, 2.05) is 6.92 Å². The Morgan fingerprint density at radius 1 is 1.56 bits per heavy atom. The number of carbonyl (C=O) groups is 1. The lowest BCUT2D eigenvalue weighted by molar-refractivity contribution is -0.131. The van der Waals surface area contributed by atoms with Crippen molar-refractivity contribution >= 4 is 27.3 Å². The summed E-state index contributed by atoms with van der Waals surface area (Å²) in [5.74, 6) is 0.384. The first-order valence-electron chi connectivity index (χ1n) is 5.34. The molecule has 1 aliphatic rings. The van der Waals surface area contributed by atoms with E-state index in [1.165, 1.54) is 6.92 Å². The minimum Gasteiger partial charge on any atom is -0.337 e. The van der Waals surface area contributed by atoms with Gasteiger partial charge in [-0.25, -0.2) is 8.42 Å². The van der Waals surface area contributed by atoms with Crippen LogP contribution in [0.4, 0.5) is 0 Å². The largest absolute Gasteiger partial charge is 0.337 e. The van der Waals surface area contributed by atoms with Gasteiger partial charge in [0.15, 0.2) is 9.84 Å². The highest BCUT2D eigenvalue weighted by molar-refractivity contribution is 7.92. The Bertz CT molecular complexity index is 368. The van der Waals surface area contributed by atoms with Crippen molar-refractivity contribution in [2.45, 2.75) is 31.6 Å². The predicted molar refractivity (Wildman–Crippen MR) is 64.3 cm³/mol. The Morgan fingerprint density at radius 2 is 2.12 bits per heavy atom. The van der Waals surface area contributed by atoms with Gasteiger partial charge in [0.25, 0.3) is 0 Å². The number of alkyl halides is 1. The molecule has 0 aromatic heterocycles. The molecule has 1 fully saturated rings. The summed E-state index contributed by atoms with van der Waals surface area (Å²) in [4.78, 5) is 13.6. The van der Waals surface area contributed by atoms with Crippen molar-refractivity contribution in [1.82, 2.24) is 4.90 Å². The van der Waals surface area contributed by atoms with E-state index in [0.29, 0.717) is 18.3 Å². The summed E-state index contributed by atoms with van der Waals surface area (Å²) in [6, 6.07) is -0.0293. The summed E-state index contributed by atoms with van der Waals surface area (Å²) in [6.07, 6.45) is 1.98. The Morgan fingerprint density at radius 3 is 2.56 bits per heavy atom. The number of amides is 1. The van der Waals surface area contributed by atoms with Crippen LogP contribution in [-0.4, -0.2) is 49.2 Å². The van der Waals surface area contributed by atoms with Crippen molar-refractivity contribution < 1.29 is 13.2 Å². The molecule has 16 heavy (non-hydrogen) atoms. The van der Waals surface area contributed by atoms with Gasteiger partial charge in [0.05, 0.1) is 0 Å². The molecule has 1 aliphatic heterocycles. The number of halogens is 1. The van der Waals surface area contributed by atoms with Gasteiger partial charge in [0.2, 0.25) is 5.91 Å². The number of hydrogen-bond acceptors (Lipinski definition) is 3. The van der Waals surface area contributed by atoms with Crippen molar-refractivity contribution in [3.63, 3.8) is 0 Å². The number of likely N-dealkylation sites (tertiary alicyclic amines) is 1. The van der Waals surface area contributed by atoms with Gasteiger partial charge in [0, 0.05) is 24.7 Å². The van der Waals surface area contributed by atoms with Crippen molar-refractivity contribution in [2.24, 2.45) is 5.92 Å². The first-order chi connectivity index (χ1) is 7.29. The summed E-state index contributed by atoms with van der Waals surface area (Å²) < 4.78 is 22.7. The van der Waals surface area contributed by atoms with E-state index in [-0.39, 0.29) is 11.9 Å². The van der Waals surface area contributed by atoms with Crippen LogP contribution in [0.25, 0.3) is 0 Å². The molecule has 1 heterocycles. The highest BCUT2D eigenvalue weighted by atomic mass is 35.5. The Hall–Kier alpha value is -0.290. The third-order valence-corrected chi connectivity index (χ3v) is 5.12. The minimum absolute atomic E-state index is 0.0293. The average molecular weight is 268 g/mol. The molecule has 0 saturated carbocycles. The van der Waals surface area contributed by atoms with Crippen molar-refractivity contribution in [2.75, 3.05) is 18.7 Å². The first kappa shape index (κ1) is 13.8. The fraction of sp³-hybridized carbons (Fsp3) is 0.900. The second-order valence-corrected chi connectivity index (χ2v) is 7.17. The van der Waals surface area contributed by atoms with Gasteiger partial charge in [-0.05, 0) is 19.3 Å². The zero-order valence-electron chi connectivity index (χ0n) is 9.81. The quantitative estimate of drug-likeness (QED) is 0.714. The highest BCUT2D eigenvalue weighted by Gasteiger charge is 2.38. The molecule has 0 aromatic carbocycles. The molecule has 6 heteroatoms. The molecule has 1 rings (SSSR count). The lowest BCUT2D eigenvalue weighted by atomic mass is 10.1. The van der Waals surface area contributed by atoms with E-state index in [2.05, 4.69) is 0 Å². The fourth-order valence-electron chi connectivity index (χ4n) is 1.93. The SMILES string of the molecule is CC1CCN(C(=O)C(C)S(C)(=O)=O)C1CCl. The van der Waals surface area contributed by atoms with Crippen LogP contribution in [0.15, 0.2) is 0 Å². The molecule has 4 nitrogen and oxygen atoms in total. The van der Waals surface area contributed by atoms with Gasteiger partial charge in [-0.3, -0.25) is 4.79 Å². The van der Waals surface area contributed by atoms with E-state index >= 15 is 0 Å². The van der Waals surface area contributed by atoms with Gasteiger partial charge in [-0.15, -0.1) is 11.6 Å². The van der Waals surface area contributed by atoms with Gasteiger partial charge in [0.1, 0.15) is 5.25 Å². The van der Waals surface area contributed by atoms with E-state index < -0.39 is 15.1 Å². The second kappa shape index (κ2) is 4.92. The molecule has 0 N–H and O–H groups in total. The topological polar surface area (TPSA) is 54.5 Å². The Balaban J connectivity index is 2.83. The maximum absolute atomic E-state index is 12.0. The predicted octanol–water partition coefficient (Wildman–Crippen LogP) is 0.895. The zero-order chi connectivity index (χ0) is 12.5. The maximum atomic E-state index is 12.0. The number of rotatable bonds is 3. The summed E-state index contributed by atoms with van der Waals surface area (Å²) in [6.45, 7) is 4.08. The lowest BCUT2D eigenvalue weighted by Gasteiger charge is -2.27. The molecule has 0 radical (unpaired) electrons. The van der Waals surface area contributed by atoms with Crippen LogP contribution in [-0.2, 0) is 14.6 Å². The third kappa shape index (κ3) is 2.69. The minimum atomic E-state index is -3.32. The van der Waals surface area contributed by atoms with Crippen molar-refractivity contribution in [3.8, 4) is 0 Å². The summed E-state index contributed by atoms with van der Waals surface area (Å²) >= 11 is 5.82. The van der Waals surface area contributed by atoms with E-state index in [4.69, 9.17) is 11.6 Å². The summed E-state index contributed by atoms with van der Waals surface area (Å²) in [5, 5.41) is -0.969. The first-order valence-corrected chi connectivity index (χ1v) is 7.83. The molecule has 94 valence electrons. The zero-order valence-corrected chi connectivity index (χ0v) is 11.4. The van der Waals surface area contributed by atoms with Crippen molar-refractivity contribution in [1.29, 1.82) is 0 Å². The lowest BCUT2D eigenvalue weighted by Crippen LogP contribution is -2.45. The molecule has 0 bridgehead atoms. The molecule has 0 spiro atoms. The third-order valence-electron chi connectivity index (χ3n) is 3.31. The molecule has 3 atom stereocenters. The standard InChI is InChI=1S/C10H18ClNO3S/c1-7-4-5-12(9(7)6-11)10(13)8(2)16(3,14)15/h7-9H,4-6H2,1-3H3. The van der Waals surface area contributed by atoms with Crippen LogP contribution in [0.2, 0.25) is 0 Å². The van der Waals surface area contributed by atoms with E-state index in [9.17, 15) is 13.2 Å². The highest BCUT2D eigenvalue weighted by Crippen LogP contribution is 2.26. The molecule has 1 saturated heterocycles. The van der Waals surface area contributed by atoms with Gasteiger partial charge < -0.3 is 4.90 Å². The molecule has 1 amide bonds. The van der Waals surface area contributed by atoms with Gasteiger partial charge in [-0.1, -0.05) is 6.92 Å². The Labute approximate surface area is 102 Å². The number of hydrogen-bond donors (Lipinski definition) is 0. The van der Waals surface area contributed by atoms with Gasteiger partial charge >= 0.3 is 0 Å². The molecular weight excluding hydrogens is 250 g/mol. The normalized spacial score (nSPS) is 28.1. The summed E-state index contributed by atoms with van der Waals surface area (Å²) in [7, 11) is -3.32. The molecule has 3 unspecified atom stereocenters. The Kier molecular flexibility index (Phi) is 4.23. The smallest absolute Gasteiger partial charge is 0.240 e.